The largest absolute Gasteiger partial charge is 0.395 e. The highest BCUT2D eigenvalue weighted by Crippen LogP contribution is 2.24. The minimum atomic E-state index is 0.0281. The fraction of sp³-hybridized carbons (Fsp3) is 0.478. The smallest absolute Gasteiger partial charge is 0.231 e. The average molecular weight is 471 g/mol. The third-order valence-corrected chi connectivity index (χ3v) is 5.80. The third kappa shape index (κ3) is 6.55. The lowest BCUT2D eigenvalue weighted by Gasteiger charge is -2.27. The summed E-state index contributed by atoms with van der Waals surface area (Å²) in [6, 6.07) is 7.75. The van der Waals surface area contributed by atoms with Gasteiger partial charge >= 0.3 is 0 Å². The first-order valence-corrected chi connectivity index (χ1v) is 12.0. The summed E-state index contributed by atoms with van der Waals surface area (Å²) >= 11 is 6.07. The molecule has 0 spiro atoms. The molecule has 0 aliphatic carbocycles. The molecule has 3 heterocycles. The number of hydrogen-bond donors (Lipinski definition) is 4. The maximum Gasteiger partial charge on any atom is 0.231 e. The molecule has 4 rings (SSSR count). The van der Waals surface area contributed by atoms with Gasteiger partial charge in [-0.05, 0) is 56.4 Å². The fourth-order valence-corrected chi connectivity index (χ4v) is 4.04. The van der Waals surface area contributed by atoms with Gasteiger partial charge in [0.25, 0.3) is 0 Å². The molecule has 0 radical (unpaired) electrons. The number of fused-ring (bicyclic) bond motifs is 1. The molecule has 0 bridgehead atoms. The van der Waals surface area contributed by atoms with Crippen LogP contribution in [-0.2, 0) is 0 Å². The van der Waals surface area contributed by atoms with Crippen molar-refractivity contribution in [2.45, 2.75) is 32.1 Å². The van der Waals surface area contributed by atoms with Gasteiger partial charge in [0, 0.05) is 55.0 Å². The van der Waals surface area contributed by atoms with E-state index in [0.29, 0.717) is 29.4 Å². The zero-order chi connectivity index (χ0) is 22.9. The number of rotatable bonds is 11. The van der Waals surface area contributed by atoms with Crippen LogP contribution in [0.5, 0.6) is 0 Å². The summed E-state index contributed by atoms with van der Waals surface area (Å²) in [7, 11) is 0. The number of nitrogens with zero attached hydrogens (tertiary/aromatic N) is 5. The molecule has 4 N–H and O–H groups in total. The second-order valence-electron chi connectivity index (χ2n) is 8.06. The summed E-state index contributed by atoms with van der Waals surface area (Å²) in [4.78, 5) is 20.2. The molecule has 176 valence electrons. The number of aliphatic hydroxyl groups excluding tert-OH is 1. The van der Waals surface area contributed by atoms with Crippen LogP contribution < -0.4 is 20.9 Å². The van der Waals surface area contributed by atoms with Gasteiger partial charge in [-0.1, -0.05) is 11.6 Å². The SMILES string of the molecule is OCCNc1nc(NCCCCNc2ccnc3cc(Cl)ccc23)nc(N2CCCCC2)n1. The molecular weight excluding hydrogens is 440 g/mol. The first-order valence-electron chi connectivity index (χ1n) is 11.6. The fourth-order valence-electron chi connectivity index (χ4n) is 3.87. The quantitative estimate of drug-likeness (QED) is 0.311. The van der Waals surface area contributed by atoms with Crippen molar-refractivity contribution >= 4 is 46.0 Å². The van der Waals surface area contributed by atoms with E-state index in [1.54, 1.807) is 6.20 Å². The minimum absolute atomic E-state index is 0.0281. The second kappa shape index (κ2) is 11.8. The van der Waals surface area contributed by atoms with Crippen LogP contribution in [0.15, 0.2) is 30.5 Å². The van der Waals surface area contributed by atoms with Crippen LogP contribution in [0.1, 0.15) is 32.1 Å². The number of pyridine rings is 1. The van der Waals surface area contributed by atoms with E-state index in [-0.39, 0.29) is 6.61 Å². The molecule has 1 aliphatic rings. The van der Waals surface area contributed by atoms with E-state index in [1.165, 1.54) is 6.42 Å². The summed E-state index contributed by atoms with van der Waals surface area (Å²) in [5.41, 5.74) is 1.95. The van der Waals surface area contributed by atoms with Crippen LogP contribution in [0.2, 0.25) is 5.02 Å². The van der Waals surface area contributed by atoms with Crippen LogP contribution in [0.4, 0.5) is 23.5 Å². The number of aromatic nitrogens is 4. The van der Waals surface area contributed by atoms with E-state index in [4.69, 9.17) is 16.7 Å². The molecule has 0 unspecified atom stereocenters. The lowest BCUT2D eigenvalue weighted by atomic mass is 10.1. The summed E-state index contributed by atoms with van der Waals surface area (Å²) < 4.78 is 0. The number of aliphatic hydroxyl groups is 1. The number of halogens is 1. The molecule has 1 aromatic carbocycles. The Labute approximate surface area is 199 Å². The van der Waals surface area contributed by atoms with Crippen molar-refractivity contribution in [1.82, 2.24) is 19.9 Å². The number of hydrogen-bond acceptors (Lipinski definition) is 9. The molecular formula is C23H31ClN8O. The molecule has 33 heavy (non-hydrogen) atoms. The Morgan fingerprint density at radius 2 is 1.61 bits per heavy atom. The molecule has 2 aromatic heterocycles. The zero-order valence-electron chi connectivity index (χ0n) is 18.7. The molecule has 0 atom stereocenters. The number of nitrogens with one attached hydrogen (secondary N) is 3. The minimum Gasteiger partial charge on any atom is -0.395 e. The van der Waals surface area contributed by atoms with Crippen molar-refractivity contribution in [2.24, 2.45) is 0 Å². The summed E-state index contributed by atoms with van der Waals surface area (Å²) in [5, 5.41) is 20.8. The monoisotopic (exact) mass is 470 g/mol. The molecule has 9 nitrogen and oxygen atoms in total. The van der Waals surface area contributed by atoms with Crippen LogP contribution >= 0.6 is 11.6 Å². The first kappa shape index (κ1) is 23.3. The van der Waals surface area contributed by atoms with Crippen LogP contribution in [0.3, 0.4) is 0 Å². The Kier molecular flexibility index (Phi) is 8.32. The topological polar surface area (TPSA) is 111 Å². The van der Waals surface area contributed by atoms with Crippen LogP contribution in [-0.4, -0.2) is 64.4 Å². The predicted octanol–water partition coefficient (Wildman–Crippen LogP) is 3.77. The highest BCUT2D eigenvalue weighted by molar-refractivity contribution is 6.31. The third-order valence-electron chi connectivity index (χ3n) is 5.56. The van der Waals surface area contributed by atoms with Gasteiger partial charge in [0.1, 0.15) is 0 Å². The average Bonchev–Trinajstić information content (AvgIpc) is 2.85. The Bertz CT molecular complexity index is 1040. The van der Waals surface area contributed by atoms with Crippen molar-refractivity contribution in [2.75, 3.05) is 60.2 Å². The zero-order valence-corrected chi connectivity index (χ0v) is 19.5. The van der Waals surface area contributed by atoms with Crippen molar-refractivity contribution in [3.05, 3.63) is 35.5 Å². The predicted molar refractivity (Wildman–Crippen MR) is 134 cm³/mol. The van der Waals surface area contributed by atoms with Gasteiger partial charge in [0.15, 0.2) is 0 Å². The summed E-state index contributed by atoms with van der Waals surface area (Å²) in [6.45, 7) is 3.97. The van der Waals surface area contributed by atoms with E-state index in [9.17, 15) is 0 Å². The van der Waals surface area contributed by atoms with E-state index in [2.05, 4.69) is 40.8 Å². The van der Waals surface area contributed by atoms with Crippen molar-refractivity contribution in [3.8, 4) is 0 Å². The van der Waals surface area contributed by atoms with E-state index >= 15 is 0 Å². The summed E-state index contributed by atoms with van der Waals surface area (Å²) in [5.74, 6) is 1.75. The van der Waals surface area contributed by atoms with Gasteiger partial charge in [-0.2, -0.15) is 15.0 Å². The van der Waals surface area contributed by atoms with Gasteiger partial charge in [0.2, 0.25) is 17.8 Å². The van der Waals surface area contributed by atoms with Crippen molar-refractivity contribution in [1.29, 1.82) is 0 Å². The maximum atomic E-state index is 9.12. The lowest BCUT2D eigenvalue weighted by molar-refractivity contribution is 0.311. The molecule has 0 saturated carbocycles. The normalized spacial score (nSPS) is 13.8. The molecule has 3 aromatic rings. The number of benzene rings is 1. The molecule has 0 amide bonds. The lowest BCUT2D eigenvalue weighted by Crippen LogP contribution is -2.31. The first-order chi connectivity index (χ1) is 16.2. The molecule has 1 fully saturated rings. The van der Waals surface area contributed by atoms with E-state index in [1.807, 2.05) is 24.3 Å². The molecule has 1 saturated heterocycles. The Balaban J connectivity index is 1.28. The molecule has 1 aliphatic heterocycles. The standard InChI is InChI=1S/C23H31ClN8O/c24-17-6-7-18-19(8-11-26-20(18)16-17)25-9-2-3-10-27-21-29-22(28-12-15-33)31-23(30-21)32-13-4-1-5-14-32/h6-8,11,16,33H,1-5,9-10,12-15H2,(H,25,26)(H2,27,28,29,30,31). The Hall–Kier alpha value is -2.91. The molecule has 10 heteroatoms. The number of unbranched alkanes of at least 4 members (excludes halogenated alkanes) is 1. The van der Waals surface area contributed by atoms with Gasteiger partial charge in [-0.3, -0.25) is 4.98 Å². The van der Waals surface area contributed by atoms with Crippen molar-refractivity contribution in [3.63, 3.8) is 0 Å². The van der Waals surface area contributed by atoms with E-state index in [0.717, 1.165) is 68.5 Å². The van der Waals surface area contributed by atoms with Gasteiger partial charge in [0.05, 0.1) is 12.1 Å². The highest BCUT2D eigenvalue weighted by atomic mass is 35.5. The van der Waals surface area contributed by atoms with Crippen LogP contribution in [0, 0.1) is 0 Å². The second-order valence-corrected chi connectivity index (χ2v) is 8.50. The highest BCUT2D eigenvalue weighted by Gasteiger charge is 2.16. The Morgan fingerprint density at radius 3 is 2.36 bits per heavy atom. The summed E-state index contributed by atoms with van der Waals surface area (Å²) in [6.07, 6.45) is 7.31. The maximum absolute atomic E-state index is 9.12. The van der Waals surface area contributed by atoms with Crippen LogP contribution in [0.25, 0.3) is 10.9 Å². The Morgan fingerprint density at radius 1 is 0.879 bits per heavy atom. The van der Waals surface area contributed by atoms with Crippen molar-refractivity contribution < 1.29 is 5.11 Å². The van der Waals surface area contributed by atoms with Gasteiger partial charge in [-0.25, -0.2) is 0 Å². The number of anilines is 4. The van der Waals surface area contributed by atoms with Gasteiger partial charge in [-0.15, -0.1) is 0 Å². The number of piperidine rings is 1. The van der Waals surface area contributed by atoms with Gasteiger partial charge < -0.3 is 26.0 Å². The van der Waals surface area contributed by atoms with E-state index < -0.39 is 0 Å².